The lowest BCUT2D eigenvalue weighted by Gasteiger charge is -2.21. The quantitative estimate of drug-likeness (QED) is 0.648. The van der Waals surface area contributed by atoms with Crippen LogP contribution in [-0.2, 0) is 10.3 Å². The molecule has 1 aromatic rings. The third-order valence-corrected chi connectivity index (χ3v) is 2.69. The van der Waals surface area contributed by atoms with Crippen molar-refractivity contribution in [3.05, 3.63) is 11.3 Å². The molecular weight excluding hydrogens is 286 g/mol. The smallest absolute Gasteiger partial charge is 0.409 e. The lowest BCUT2D eigenvalue weighted by Crippen LogP contribution is -2.35. The summed E-state index contributed by atoms with van der Waals surface area (Å²) in [5, 5.41) is 14.6. The Morgan fingerprint density at radius 2 is 2.15 bits per heavy atom. The van der Waals surface area contributed by atoms with E-state index in [0.717, 1.165) is 0 Å². The van der Waals surface area contributed by atoms with Crippen LogP contribution in [0, 0.1) is 0 Å². The van der Waals surface area contributed by atoms with Crippen LogP contribution in [0.4, 0.5) is 10.5 Å². The molecule has 110 valence electrons. The Morgan fingerprint density at radius 1 is 1.55 bits per heavy atom. The summed E-state index contributed by atoms with van der Waals surface area (Å²) < 4.78 is 1.27. The Labute approximate surface area is 121 Å². The molecule has 0 aromatic carbocycles. The number of rotatable bonds is 4. The Balaban J connectivity index is 3.03. The van der Waals surface area contributed by atoms with Crippen molar-refractivity contribution in [2.75, 3.05) is 19.4 Å². The van der Waals surface area contributed by atoms with Crippen molar-refractivity contribution in [3.63, 3.8) is 0 Å². The lowest BCUT2D eigenvalue weighted by molar-refractivity contribution is -0.125. The van der Waals surface area contributed by atoms with E-state index >= 15 is 0 Å². The van der Waals surface area contributed by atoms with E-state index in [0.29, 0.717) is 0 Å². The van der Waals surface area contributed by atoms with Crippen molar-refractivity contribution < 1.29 is 14.7 Å². The van der Waals surface area contributed by atoms with Gasteiger partial charge < -0.3 is 10.0 Å². The van der Waals surface area contributed by atoms with E-state index in [2.05, 4.69) is 15.4 Å². The van der Waals surface area contributed by atoms with Crippen LogP contribution in [0.15, 0.2) is 11.2 Å². The average Bonchev–Trinajstić information content (AvgIpc) is 2.67. The normalized spacial score (nSPS) is 11.7. The van der Waals surface area contributed by atoms with Gasteiger partial charge in [-0.25, -0.2) is 9.79 Å². The van der Waals surface area contributed by atoms with Crippen LogP contribution in [0.5, 0.6) is 0 Å². The number of nitrogens with one attached hydrogen (secondary N) is 1. The Bertz CT molecular complexity index is 550. The lowest BCUT2D eigenvalue weighted by atomic mass is 10.1. The van der Waals surface area contributed by atoms with Gasteiger partial charge in [-0.2, -0.15) is 5.10 Å². The molecule has 0 saturated carbocycles. The van der Waals surface area contributed by atoms with Crippen LogP contribution in [0.1, 0.15) is 13.8 Å². The molecule has 0 aliphatic rings. The van der Waals surface area contributed by atoms with E-state index in [1.54, 1.807) is 32.8 Å². The van der Waals surface area contributed by atoms with Crippen molar-refractivity contribution in [2.24, 2.45) is 4.99 Å². The number of anilines is 1. The Morgan fingerprint density at radius 3 is 2.65 bits per heavy atom. The number of carbonyl (C=O) groups excluding carboxylic acids is 1. The third kappa shape index (κ3) is 3.70. The summed E-state index contributed by atoms with van der Waals surface area (Å²) in [4.78, 5) is 28.1. The molecule has 0 aliphatic heterocycles. The average molecular weight is 302 g/mol. The number of carbonyl (C=O) groups is 2. The molecule has 1 rings (SSSR count). The highest BCUT2D eigenvalue weighted by molar-refractivity contribution is 6.32. The molecule has 0 atom stereocenters. The summed E-state index contributed by atoms with van der Waals surface area (Å²) in [5.41, 5.74) is -0.981. The predicted octanol–water partition coefficient (Wildman–Crippen LogP) is 1.48. The largest absolute Gasteiger partial charge is 0.465 e. The molecule has 0 fully saturated rings. The third-order valence-electron chi connectivity index (χ3n) is 2.41. The predicted molar refractivity (Wildman–Crippen MR) is 75.4 cm³/mol. The minimum Gasteiger partial charge on any atom is -0.465 e. The zero-order chi connectivity index (χ0) is 15.5. The van der Waals surface area contributed by atoms with E-state index in [4.69, 9.17) is 16.7 Å². The first-order valence-corrected chi connectivity index (χ1v) is 6.03. The molecule has 0 aliphatic carbocycles. The van der Waals surface area contributed by atoms with E-state index < -0.39 is 17.5 Å². The van der Waals surface area contributed by atoms with Crippen molar-refractivity contribution in [1.29, 1.82) is 0 Å². The molecule has 2 amide bonds. The Hall–Kier alpha value is -2.09. The number of nitrogens with zero attached hydrogens (tertiary/aromatic N) is 4. The number of carboxylic acid groups (broad SMARTS) is 1. The minimum atomic E-state index is -1.26. The second-order valence-corrected chi connectivity index (χ2v) is 5.14. The SMILES string of the molecule is CN(C)/C=N/C(=O)C(C)(C)n1cc(NC(=O)O)c(Cl)n1. The van der Waals surface area contributed by atoms with Gasteiger partial charge in [0.1, 0.15) is 11.2 Å². The van der Waals surface area contributed by atoms with Gasteiger partial charge in [-0.15, -0.1) is 0 Å². The van der Waals surface area contributed by atoms with Gasteiger partial charge in [0, 0.05) is 14.1 Å². The van der Waals surface area contributed by atoms with E-state index in [1.807, 2.05) is 0 Å². The molecule has 8 nitrogen and oxygen atoms in total. The summed E-state index contributed by atoms with van der Waals surface area (Å²) in [7, 11) is 3.48. The van der Waals surface area contributed by atoms with Gasteiger partial charge in [0.15, 0.2) is 5.15 Å². The zero-order valence-electron chi connectivity index (χ0n) is 11.6. The van der Waals surface area contributed by atoms with Gasteiger partial charge in [-0.1, -0.05) is 11.6 Å². The van der Waals surface area contributed by atoms with Crippen molar-refractivity contribution in [3.8, 4) is 0 Å². The molecule has 0 radical (unpaired) electrons. The molecule has 2 N–H and O–H groups in total. The minimum absolute atomic E-state index is 0.0372. The topological polar surface area (TPSA) is 99.8 Å². The van der Waals surface area contributed by atoms with Crippen LogP contribution in [0.25, 0.3) is 0 Å². The van der Waals surface area contributed by atoms with E-state index in [-0.39, 0.29) is 10.8 Å². The summed E-state index contributed by atoms with van der Waals surface area (Å²) in [6.07, 6.45) is 1.46. The highest BCUT2D eigenvalue weighted by Crippen LogP contribution is 2.25. The summed E-state index contributed by atoms with van der Waals surface area (Å²) >= 11 is 5.81. The molecule has 0 saturated heterocycles. The molecule has 0 bridgehead atoms. The monoisotopic (exact) mass is 301 g/mol. The fraction of sp³-hybridized carbons (Fsp3) is 0.455. The maximum absolute atomic E-state index is 12.0. The van der Waals surface area contributed by atoms with Gasteiger partial charge in [0.05, 0.1) is 12.5 Å². The first kappa shape index (κ1) is 16.0. The molecule has 1 heterocycles. The van der Waals surface area contributed by atoms with Gasteiger partial charge in [-0.3, -0.25) is 14.8 Å². The number of hydrogen-bond donors (Lipinski definition) is 2. The van der Waals surface area contributed by atoms with Crippen LogP contribution in [0.3, 0.4) is 0 Å². The molecular formula is C11H16ClN5O3. The second kappa shape index (κ2) is 5.91. The first-order valence-electron chi connectivity index (χ1n) is 5.65. The molecule has 9 heteroatoms. The van der Waals surface area contributed by atoms with Gasteiger partial charge in [0.25, 0.3) is 5.91 Å². The number of hydrogen-bond acceptors (Lipinski definition) is 3. The van der Waals surface area contributed by atoms with E-state index in [1.165, 1.54) is 17.2 Å². The molecule has 1 aromatic heterocycles. The summed E-state index contributed by atoms with van der Waals surface area (Å²) in [6.45, 7) is 3.21. The maximum atomic E-state index is 12.0. The van der Waals surface area contributed by atoms with Gasteiger partial charge >= 0.3 is 6.09 Å². The first-order chi connectivity index (χ1) is 9.14. The standard InChI is InChI=1S/C11H16ClN5O3/c1-11(2,9(18)13-6-16(3)4)17-5-7(8(12)15-17)14-10(19)20/h5-6,14H,1-4H3,(H,19,20)/b13-6+. The van der Waals surface area contributed by atoms with Crippen LogP contribution in [-0.4, -0.2) is 52.2 Å². The van der Waals surface area contributed by atoms with Crippen LogP contribution < -0.4 is 5.32 Å². The molecule has 0 spiro atoms. The fourth-order valence-corrected chi connectivity index (χ4v) is 1.44. The molecule has 20 heavy (non-hydrogen) atoms. The Kier molecular flexibility index (Phi) is 4.72. The highest BCUT2D eigenvalue weighted by atomic mass is 35.5. The zero-order valence-corrected chi connectivity index (χ0v) is 12.3. The van der Waals surface area contributed by atoms with Crippen molar-refractivity contribution in [2.45, 2.75) is 19.4 Å². The molecule has 0 unspecified atom stereocenters. The van der Waals surface area contributed by atoms with Crippen molar-refractivity contribution >= 4 is 35.6 Å². The second-order valence-electron chi connectivity index (χ2n) is 4.78. The number of amides is 2. The van der Waals surface area contributed by atoms with Crippen LogP contribution in [0.2, 0.25) is 5.15 Å². The highest BCUT2D eigenvalue weighted by Gasteiger charge is 2.31. The van der Waals surface area contributed by atoms with Gasteiger partial charge in [0.2, 0.25) is 0 Å². The summed E-state index contributed by atoms with van der Waals surface area (Å²) in [5.74, 6) is -0.438. The van der Waals surface area contributed by atoms with E-state index in [9.17, 15) is 9.59 Å². The number of halogens is 1. The maximum Gasteiger partial charge on any atom is 0.409 e. The number of aliphatic imine (C=N–C) groups is 1. The van der Waals surface area contributed by atoms with Crippen molar-refractivity contribution in [1.82, 2.24) is 14.7 Å². The van der Waals surface area contributed by atoms with Crippen LogP contribution >= 0.6 is 11.6 Å². The van der Waals surface area contributed by atoms with Gasteiger partial charge in [-0.05, 0) is 13.8 Å². The fourth-order valence-electron chi connectivity index (χ4n) is 1.26. The summed E-state index contributed by atoms with van der Waals surface area (Å²) in [6, 6.07) is 0. The number of aromatic nitrogens is 2.